The Bertz CT molecular complexity index is 1000. The van der Waals surface area contributed by atoms with Crippen LogP contribution in [-0.4, -0.2) is 29.0 Å². The summed E-state index contributed by atoms with van der Waals surface area (Å²) >= 11 is 0. The van der Waals surface area contributed by atoms with E-state index < -0.39 is 0 Å². The SMILES string of the molecule is CNC(=O)c1ccc(NC(=O)c2cc(C3CC3)nc3onc(C)c23)cc1. The maximum absolute atomic E-state index is 12.9. The van der Waals surface area contributed by atoms with Gasteiger partial charge < -0.3 is 15.2 Å². The summed E-state index contributed by atoms with van der Waals surface area (Å²) in [4.78, 5) is 29.0. The number of carbonyl (C=O) groups excluding carboxylic acids is 2. The van der Waals surface area contributed by atoms with Gasteiger partial charge in [-0.05, 0) is 50.1 Å². The van der Waals surface area contributed by atoms with E-state index in [0.717, 1.165) is 18.5 Å². The van der Waals surface area contributed by atoms with Crippen LogP contribution in [0, 0.1) is 6.92 Å². The van der Waals surface area contributed by atoms with Gasteiger partial charge in [0.1, 0.15) is 0 Å². The minimum absolute atomic E-state index is 0.173. The lowest BCUT2D eigenvalue weighted by Crippen LogP contribution is -2.18. The zero-order valence-corrected chi connectivity index (χ0v) is 14.5. The molecule has 4 rings (SSSR count). The van der Waals surface area contributed by atoms with Crippen molar-refractivity contribution in [3.8, 4) is 0 Å². The van der Waals surface area contributed by atoms with Crippen LogP contribution in [-0.2, 0) is 0 Å². The standard InChI is InChI=1S/C19H18N4O3/c1-10-16-14(9-15(11-3-4-11)22-19(16)26-23-10)18(25)21-13-7-5-12(6-8-13)17(24)20-2/h5-9,11H,3-4H2,1-2H3,(H,20,24)(H,21,25). The maximum atomic E-state index is 12.9. The number of fused-ring (bicyclic) bond motifs is 1. The average Bonchev–Trinajstić information content (AvgIpc) is 3.44. The molecule has 3 aromatic rings. The fourth-order valence-corrected chi connectivity index (χ4v) is 2.93. The lowest BCUT2D eigenvalue weighted by molar-refractivity contribution is 0.0962. The summed E-state index contributed by atoms with van der Waals surface area (Å²) in [5, 5.41) is 10.0. The second kappa shape index (κ2) is 6.25. The minimum Gasteiger partial charge on any atom is -0.355 e. The quantitative estimate of drug-likeness (QED) is 0.754. The Hall–Kier alpha value is -3.22. The second-order valence-corrected chi connectivity index (χ2v) is 6.43. The molecule has 2 aromatic heterocycles. The molecule has 1 saturated carbocycles. The highest BCUT2D eigenvalue weighted by Crippen LogP contribution is 2.40. The summed E-state index contributed by atoms with van der Waals surface area (Å²) in [5.74, 6) is -0.0330. The Morgan fingerprint density at radius 2 is 1.88 bits per heavy atom. The molecule has 0 radical (unpaired) electrons. The molecule has 132 valence electrons. The van der Waals surface area contributed by atoms with Crippen molar-refractivity contribution in [2.75, 3.05) is 12.4 Å². The van der Waals surface area contributed by atoms with Crippen LogP contribution in [0.25, 0.3) is 11.1 Å². The second-order valence-electron chi connectivity index (χ2n) is 6.43. The summed E-state index contributed by atoms with van der Waals surface area (Å²) < 4.78 is 5.28. The predicted octanol–water partition coefficient (Wildman–Crippen LogP) is 3.02. The molecule has 0 unspecified atom stereocenters. The molecule has 1 aliphatic carbocycles. The number of nitrogens with one attached hydrogen (secondary N) is 2. The Labute approximate surface area is 149 Å². The monoisotopic (exact) mass is 350 g/mol. The van der Waals surface area contributed by atoms with E-state index in [0.29, 0.717) is 39.5 Å². The molecule has 0 atom stereocenters. The molecule has 26 heavy (non-hydrogen) atoms. The smallest absolute Gasteiger partial charge is 0.259 e. The summed E-state index contributed by atoms with van der Waals surface area (Å²) in [6, 6.07) is 8.55. The van der Waals surface area contributed by atoms with Crippen molar-refractivity contribution in [3.05, 3.63) is 52.8 Å². The Morgan fingerprint density at radius 1 is 1.15 bits per heavy atom. The molecule has 0 saturated heterocycles. The lowest BCUT2D eigenvalue weighted by atomic mass is 10.1. The molecular weight excluding hydrogens is 332 g/mol. The van der Waals surface area contributed by atoms with E-state index in [4.69, 9.17) is 4.52 Å². The predicted molar refractivity (Wildman–Crippen MR) is 96.3 cm³/mol. The third kappa shape index (κ3) is 2.92. The molecule has 2 amide bonds. The van der Waals surface area contributed by atoms with Gasteiger partial charge >= 0.3 is 0 Å². The zero-order valence-electron chi connectivity index (χ0n) is 14.5. The van der Waals surface area contributed by atoms with E-state index in [2.05, 4.69) is 20.8 Å². The van der Waals surface area contributed by atoms with Gasteiger partial charge in [-0.25, -0.2) is 4.98 Å². The van der Waals surface area contributed by atoms with Gasteiger partial charge in [0.05, 0.1) is 16.6 Å². The van der Waals surface area contributed by atoms with Crippen LogP contribution in [0.5, 0.6) is 0 Å². The van der Waals surface area contributed by atoms with E-state index in [1.165, 1.54) is 0 Å². The van der Waals surface area contributed by atoms with E-state index in [-0.39, 0.29) is 11.8 Å². The van der Waals surface area contributed by atoms with Crippen molar-refractivity contribution in [3.63, 3.8) is 0 Å². The first kappa shape index (κ1) is 16.3. The van der Waals surface area contributed by atoms with Gasteiger partial charge in [0.2, 0.25) is 0 Å². The summed E-state index contributed by atoms with van der Waals surface area (Å²) in [5.41, 5.74) is 3.54. The van der Waals surface area contributed by atoms with Crippen molar-refractivity contribution in [1.29, 1.82) is 0 Å². The van der Waals surface area contributed by atoms with Crippen molar-refractivity contribution in [2.24, 2.45) is 0 Å². The molecular formula is C19H18N4O3. The van der Waals surface area contributed by atoms with Crippen molar-refractivity contribution >= 4 is 28.6 Å². The largest absolute Gasteiger partial charge is 0.355 e. The summed E-state index contributed by atoms with van der Waals surface area (Å²) in [6.07, 6.45) is 2.15. The molecule has 0 aliphatic heterocycles. The first-order valence-electron chi connectivity index (χ1n) is 8.47. The van der Waals surface area contributed by atoms with Gasteiger partial charge in [-0.2, -0.15) is 0 Å². The number of hydrogen-bond acceptors (Lipinski definition) is 5. The summed E-state index contributed by atoms with van der Waals surface area (Å²) in [7, 11) is 1.57. The van der Waals surface area contributed by atoms with Gasteiger partial charge in [0, 0.05) is 29.9 Å². The number of rotatable bonds is 4. The highest BCUT2D eigenvalue weighted by atomic mass is 16.5. The molecule has 1 aliphatic rings. The zero-order chi connectivity index (χ0) is 18.3. The first-order valence-corrected chi connectivity index (χ1v) is 8.47. The average molecular weight is 350 g/mol. The van der Waals surface area contributed by atoms with Gasteiger partial charge in [-0.1, -0.05) is 5.16 Å². The lowest BCUT2D eigenvalue weighted by Gasteiger charge is -2.08. The molecule has 7 heteroatoms. The highest BCUT2D eigenvalue weighted by Gasteiger charge is 2.28. The fraction of sp³-hybridized carbons (Fsp3) is 0.263. The number of anilines is 1. The number of aryl methyl sites for hydroxylation is 1. The van der Waals surface area contributed by atoms with Crippen LogP contribution in [0.3, 0.4) is 0 Å². The number of carbonyl (C=O) groups is 2. The van der Waals surface area contributed by atoms with Gasteiger partial charge in [0.25, 0.3) is 17.5 Å². The maximum Gasteiger partial charge on any atom is 0.259 e. The topological polar surface area (TPSA) is 97.1 Å². The van der Waals surface area contributed by atoms with E-state index in [9.17, 15) is 9.59 Å². The number of nitrogens with zero attached hydrogens (tertiary/aromatic N) is 2. The van der Waals surface area contributed by atoms with Crippen molar-refractivity contribution in [1.82, 2.24) is 15.5 Å². The molecule has 2 heterocycles. The van der Waals surface area contributed by atoms with Crippen molar-refractivity contribution in [2.45, 2.75) is 25.7 Å². The highest BCUT2D eigenvalue weighted by molar-refractivity contribution is 6.12. The van der Waals surface area contributed by atoms with Crippen LogP contribution >= 0.6 is 0 Å². The Kier molecular flexibility index (Phi) is 3.91. The van der Waals surface area contributed by atoms with Crippen LogP contribution in [0.15, 0.2) is 34.9 Å². The van der Waals surface area contributed by atoms with Gasteiger partial charge in [-0.15, -0.1) is 0 Å². The molecule has 0 spiro atoms. The Morgan fingerprint density at radius 3 is 2.54 bits per heavy atom. The van der Waals surface area contributed by atoms with E-state index in [1.807, 2.05) is 6.07 Å². The van der Waals surface area contributed by atoms with Gasteiger partial charge in [0.15, 0.2) is 0 Å². The fourth-order valence-electron chi connectivity index (χ4n) is 2.93. The number of aromatic nitrogens is 2. The third-order valence-corrected chi connectivity index (χ3v) is 4.51. The number of hydrogen-bond donors (Lipinski definition) is 2. The number of amides is 2. The third-order valence-electron chi connectivity index (χ3n) is 4.51. The van der Waals surface area contributed by atoms with Crippen LogP contribution in [0.2, 0.25) is 0 Å². The molecule has 1 fully saturated rings. The number of benzene rings is 1. The van der Waals surface area contributed by atoms with Crippen LogP contribution in [0.4, 0.5) is 5.69 Å². The molecule has 2 N–H and O–H groups in total. The van der Waals surface area contributed by atoms with Gasteiger partial charge in [-0.3, -0.25) is 9.59 Å². The van der Waals surface area contributed by atoms with E-state index in [1.54, 1.807) is 38.2 Å². The van der Waals surface area contributed by atoms with E-state index >= 15 is 0 Å². The normalized spacial score (nSPS) is 13.6. The molecule has 7 nitrogen and oxygen atoms in total. The summed E-state index contributed by atoms with van der Waals surface area (Å²) in [6.45, 7) is 1.79. The van der Waals surface area contributed by atoms with Crippen LogP contribution in [0.1, 0.15) is 50.9 Å². The molecule has 1 aromatic carbocycles. The minimum atomic E-state index is -0.252. The first-order chi connectivity index (χ1) is 12.6. The molecule has 0 bridgehead atoms. The Balaban J connectivity index is 1.65. The van der Waals surface area contributed by atoms with Crippen LogP contribution < -0.4 is 10.6 Å². The van der Waals surface area contributed by atoms with Crippen molar-refractivity contribution < 1.29 is 14.1 Å². The number of pyridine rings is 1.